The Labute approximate surface area is 130 Å². The highest BCUT2D eigenvalue weighted by Crippen LogP contribution is 2.48. The molecule has 0 aromatic heterocycles. The van der Waals surface area contributed by atoms with Crippen molar-refractivity contribution >= 4 is 17.5 Å². The number of ether oxygens (including phenoxy) is 1. The average Bonchev–Trinajstić information content (AvgIpc) is 3.16. The lowest BCUT2D eigenvalue weighted by Gasteiger charge is -2.22. The Hall–Kier alpha value is -2.04. The van der Waals surface area contributed by atoms with Gasteiger partial charge in [-0.2, -0.15) is 0 Å². The molecule has 1 N–H and O–H groups in total. The topological polar surface area (TPSA) is 58.6 Å². The van der Waals surface area contributed by atoms with Crippen LogP contribution in [-0.2, 0) is 9.59 Å². The molecule has 0 spiro atoms. The van der Waals surface area contributed by atoms with Gasteiger partial charge in [-0.3, -0.25) is 9.59 Å². The number of likely N-dealkylation sites (tertiary alicyclic amines) is 1. The average molecular weight is 302 g/mol. The van der Waals surface area contributed by atoms with Crippen molar-refractivity contribution in [2.75, 3.05) is 25.0 Å². The van der Waals surface area contributed by atoms with E-state index in [1.807, 2.05) is 24.0 Å². The normalized spacial score (nSPS) is 18.9. The minimum absolute atomic E-state index is 0.00781. The van der Waals surface area contributed by atoms with E-state index in [9.17, 15) is 9.59 Å². The van der Waals surface area contributed by atoms with Gasteiger partial charge in [0, 0.05) is 18.8 Å². The Morgan fingerprint density at radius 3 is 2.36 bits per heavy atom. The van der Waals surface area contributed by atoms with Gasteiger partial charge in [0.1, 0.15) is 11.2 Å². The Morgan fingerprint density at radius 2 is 1.82 bits per heavy atom. The first-order valence-electron chi connectivity index (χ1n) is 7.99. The van der Waals surface area contributed by atoms with Crippen LogP contribution in [0, 0.1) is 5.41 Å². The molecule has 0 unspecified atom stereocenters. The maximum atomic E-state index is 12.5. The molecule has 1 aromatic carbocycles. The number of carbonyl (C=O) groups excluding carboxylic acids is 2. The number of hydrogen-bond donors (Lipinski definition) is 1. The summed E-state index contributed by atoms with van der Waals surface area (Å²) in [5.74, 6) is 0.608. The molecule has 1 saturated carbocycles. The number of nitrogens with zero attached hydrogens (tertiary/aromatic N) is 1. The summed E-state index contributed by atoms with van der Waals surface area (Å²) in [6.07, 6.45) is 3.40. The van der Waals surface area contributed by atoms with Crippen molar-refractivity contribution in [3.8, 4) is 5.75 Å². The van der Waals surface area contributed by atoms with Crippen LogP contribution in [0.2, 0.25) is 0 Å². The van der Waals surface area contributed by atoms with E-state index in [-0.39, 0.29) is 11.8 Å². The molecule has 1 aliphatic heterocycles. The minimum Gasteiger partial charge on any atom is -0.494 e. The van der Waals surface area contributed by atoms with Gasteiger partial charge in [0.25, 0.3) is 0 Å². The van der Waals surface area contributed by atoms with Crippen LogP contribution in [-0.4, -0.2) is 36.4 Å². The van der Waals surface area contributed by atoms with Crippen LogP contribution in [0.25, 0.3) is 0 Å². The van der Waals surface area contributed by atoms with Crippen molar-refractivity contribution in [2.24, 2.45) is 5.41 Å². The van der Waals surface area contributed by atoms with Gasteiger partial charge in [0.15, 0.2) is 0 Å². The fraction of sp³-hybridized carbons (Fsp3) is 0.529. The molecular weight excluding hydrogens is 280 g/mol. The SMILES string of the molecule is CCOc1ccc(NC(=O)C2(C(=O)N3CCCC3)CC2)cc1. The first-order valence-corrected chi connectivity index (χ1v) is 7.99. The van der Waals surface area contributed by atoms with Crippen molar-refractivity contribution in [1.82, 2.24) is 4.90 Å². The number of hydrogen-bond acceptors (Lipinski definition) is 3. The molecule has 2 aliphatic rings. The molecule has 0 atom stereocenters. The lowest BCUT2D eigenvalue weighted by Crippen LogP contribution is -2.41. The van der Waals surface area contributed by atoms with Gasteiger partial charge in [-0.25, -0.2) is 0 Å². The molecule has 5 heteroatoms. The van der Waals surface area contributed by atoms with Crippen molar-refractivity contribution in [3.63, 3.8) is 0 Å². The smallest absolute Gasteiger partial charge is 0.240 e. The molecular formula is C17H22N2O3. The molecule has 1 heterocycles. The predicted molar refractivity (Wildman–Crippen MR) is 83.7 cm³/mol. The Bertz CT molecular complexity index is 558. The van der Waals surface area contributed by atoms with E-state index < -0.39 is 5.41 Å². The summed E-state index contributed by atoms with van der Waals surface area (Å²) >= 11 is 0. The van der Waals surface area contributed by atoms with Gasteiger partial charge in [-0.05, 0) is 56.9 Å². The zero-order chi connectivity index (χ0) is 15.6. The molecule has 2 fully saturated rings. The van der Waals surface area contributed by atoms with Crippen LogP contribution < -0.4 is 10.1 Å². The van der Waals surface area contributed by atoms with E-state index in [1.54, 1.807) is 12.1 Å². The maximum Gasteiger partial charge on any atom is 0.240 e. The fourth-order valence-electron chi connectivity index (χ4n) is 2.94. The molecule has 22 heavy (non-hydrogen) atoms. The minimum atomic E-state index is -0.817. The first-order chi connectivity index (χ1) is 10.7. The van der Waals surface area contributed by atoms with E-state index in [0.717, 1.165) is 31.7 Å². The monoisotopic (exact) mass is 302 g/mol. The van der Waals surface area contributed by atoms with Gasteiger partial charge in [0.05, 0.1) is 6.61 Å². The van der Waals surface area contributed by atoms with Crippen LogP contribution >= 0.6 is 0 Å². The van der Waals surface area contributed by atoms with Crippen LogP contribution in [0.3, 0.4) is 0 Å². The maximum absolute atomic E-state index is 12.5. The highest BCUT2D eigenvalue weighted by Gasteiger charge is 2.58. The van der Waals surface area contributed by atoms with Crippen LogP contribution in [0.5, 0.6) is 5.75 Å². The number of amides is 2. The molecule has 0 radical (unpaired) electrons. The first kappa shape index (κ1) is 14.9. The van der Waals surface area contributed by atoms with E-state index in [2.05, 4.69) is 5.32 Å². The fourth-order valence-corrected chi connectivity index (χ4v) is 2.94. The summed E-state index contributed by atoms with van der Waals surface area (Å²) in [6.45, 7) is 4.11. The highest BCUT2D eigenvalue weighted by molar-refractivity contribution is 6.13. The number of anilines is 1. The van der Waals surface area contributed by atoms with Crippen LogP contribution in [0.15, 0.2) is 24.3 Å². The molecule has 3 rings (SSSR count). The summed E-state index contributed by atoms with van der Waals surface area (Å²) in [5, 5.41) is 2.88. The summed E-state index contributed by atoms with van der Waals surface area (Å²) in [5.41, 5.74) is -0.114. The van der Waals surface area contributed by atoms with Gasteiger partial charge in [0.2, 0.25) is 11.8 Å². The third-order valence-corrected chi connectivity index (χ3v) is 4.41. The quantitative estimate of drug-likeness (QED) is 0.850. The lowest BCUT2D eigenvalue weighted by molar-refractivity contribution is -0.141. The number of rotatable bonds is 5. The molecule has 118 valence electrons. The second-order valence-corrected chi connectivity index (χ2v) is 5.99. The highest BCUT2D eigenvalue weighted by atomic mass is 16.5. The largest absolute Gasteiger partial charge is 0.494 e. The van der Waals surface area contributed by atoms with Crippen LogP contribution in [0.4, 0.5) is 5.69 Å². The second kappa shape index (κ2) is 5.99. The van der Waals surface area contributed by atoms with E-state index >= 15 is 0 Å². The summed E-state index contributed by atoms with van der Waals surface area (Å²) < 4.78 is 5.38. The number of nitrogens with one attached hydrogen (secondary N) is 1. The Morgan fingerprint density at radius 1 is 1.18 bits per heavy atom. The lowest BCUT2D eigenvalue weighted by atomic mass is 10.0. The Balaban J connectivity index is 1.64. The second-order valence-electron chi connectivity index (χ2n) is 5.99. The standard InChI is InChI=1S/C17H22N2O3/c1-2-22-14-7-5-13(6-8-14)18-15(20)17(9-10-17)16(21)19-11-3-4-12-19/h5-8H,2-4,9-12H2,1H3,(H,18,20). The number of benzene rings is 1. The van der Waals surface area contributed by atoms with E-state index in [1.165, 1.54) is 0 Å². The van der Waals surface area contributed by atoms with Crippen molar-refractivity contribution in [2.45, 2.75) is 32.6 Å². The number of carbonyl (C=O) groups is 2. The van der Waals surface area contributed by atoms with Crippen molar-refractivity contribution < 1.29 is 14.3 Å². The molecule has 1 aliphatic carbocycles. The van der Waals surface area contributed by atoms with E-state index in [0.29, 0.717) is 25.1 Å². The zero-order valence-corrected chi connectivity index (χ0v) is 12.9. The molecule has 1 aromatic rings. The van der Waals surface area contributed by atoms with Gasteiger partial charge in [-0.15, -0.1) is 0 Å². The van der Waals surface area contributed by atoms with Gasteiger partial charge >= 0.3 is 0 Å². The summed E-state index contributed by atoms with van der Waals surface area (Å²) in [4.78, 5) is 26.9. The van der Waals surface area contributed by atoms with E-state index in [4.69, 9.17) is 4.74 Å². The van der Waals surface area contributed by atoms with Crippen LogP contribution in [0.1, 0.15) is 32.6 Å². The van der Waals surface area contributed by atoms with Crippen molar-refractivity contribution in [1.29, 1.82) is 0 Å². The zero-order valence-electron chi connectivity index (χ0n) is 12.9. The third-order valence-electron chi connectivity index (χ3n) is 4.41. The summed E-state index contributed by atoms with van der Waals surface area (Å²) in [6, 6.07) is 7.25. The Kier molecular flexibility index (Phi) is 4.05. The summed E-state index contributed by atoms with van der Waals surface area (Å²) in [7, 11) is 0. The predicted octanol–water partition coefficient (Wildman–Crippen LogP) is 2.43. The molecule has 1 saturated heterocycles. The van der Waals surface area contributed by atoms with Crippen molar-refractivity contribution in [3.05, 3.63) is 24.3 Å². The van der Waals surface area contributed by atoms with Gasteiger partial charge in [-0.1, -0.05) is 0 Å². The molecule has 2 amide bonds. The van der Waals surface area contributed by atoms with Gasteiger partial charge < -0.3 is 15.0 Å². The molecule has 5 nitrogen and oxygen atoms in total. The molecule has 0 bridgehead atoms. The third kappa shape index (κ3) is 2.80.